The van der Waals surface area contributed by atoms with E-state index in [0.717, 1.165) is 30.8 Å². The number of hydrogen-bond donors (Lipinski definition) is 1. The Balaban J connectivity index is 1.82. The predicted octanol–water partition coefficient (Wildman–Crippen LogP) is 3.32. The summed E-state index contributed by atoms with van der Waals surface area (Å²) in [6.45, 7) is 5.87. The maximum Gasteiger partial charge on any atom is 0.0802 e. The second-order valence-electron chi connectivity index (χ2n) is 5.31. The van der Waals surface area contributed by atoms with Crippen molar-refractivity contribution in [3.63, 3.8) is 0 Å². The molecule has 1 aromatic carbocycles. The Morgan fingerprint density at radius 3 is 2.55 bits per heavy atom. The molecular formula is C16H22N2OS. The van der Waals surface area contributed by atoms with E-state index in [1.54, 1.807) is 11.3 Å². The monoisotopic (exact) mass is 290 g/mol. The van der Waals surface area contributed by atoms with Crippen molar-refractivity contribution in [1.29, 1.82) is 0 Å². The minimum absolute atomic E-state index is 0.388. The molecule has 3 nitrogen and oxygen atoms in total. The average Bonchev–Trinajstić information content (AvgIpc) is 2.82. The number of aliphatic hydroxyl groups excluding tert-OH is 1. The molecule has 1 N–H and O–H groups in total. The van der Waals surface area contributed by atoms with Gasteiger partial charge in [0.15, 0.2) is 0 Å². The van der Waals surface area contributed by atoms with Gasteiger partial charge in [0.05, 0.1) is 17.3 Å². The van der Waals surface area contributed by atoms with Crippen molar-refractivity contribution in [2.45, 2.75) is 32.9 Å². The molecule has 0 saturated carbocycles. The molecule has 0 aliphatic carbocycles. The van der Waals surface area contributed by atoms with Crippen molar-refractivity contribution in [2.75, 3.05) is 13.6 Å². The third-order valence-electron chi connectivity index (χ3n) is 3.50. The quantitative estimate of drug-likeness (QED) is 0.886. The minimum Gasteiger partial charge on any atom is -0.388 e. The van der Waals surface area contributed by atoms with E-state index in [2.05, 4.69) is 23.9 Å². The van der Waals surface area contributed by atoms with Crippen LogP contribution in [0.15, 0.2) is 29.8 Å². The summed E-state index contributed by atoms with van der Waals surface area (Å²) in [6.07, 6.45) is 0.359. The summed E-state index contributed by atoms with van der Waals surface area (Å²) in [5.74, 6) is 0. The summed E-state index contributed by atoms with van der Waals surface area (Å²) in [4.78, 5) is 7.80. The number of aliphatic hydroxyl groups is 1. The average molecular weight is 290 g/mol. The largest absolute Gasteiger partial charge is 0.388 e. The molecule has 4 heteroatoms. The first-order valence-corrected chi connectivity index (χ1v) is 7.76. The van der Waals surface area contributed by atoms with Gasteiger partial charge >= 0.3 is 0 Å². The molecule has 0 bridgehead atoms. The van der Waals surface area contributed by atoms with Crippen molar-refractivity contribution in [3.8, 4) is 0 Å². The first-order valence-electron chi connectivity index (χ1n) is 6.88. The second-order valence-corrected chi connectivity index (χ2v) is 6.25. The lowest BCUT2D eigenvalue weighted by atomic mass is 10.0. The molecule has 0 fully saturated rings. The van der Waals surface area contributed by atoms with Crippen molar-refractivity contribution in [1.82, 2.24) is 9.88 Å². The van der Waals surface area contributed by atoms with Gasteiger partial charge in [-0.05, 0) is 32.9 Å². The zero-order chi connectivity index (χ0) is 14.5. The van der Waals surface area contributed by atoms with Crippen LogP contribution < -0.4 is 0 Å². The fraction of sp³-hybridized carbons (Fsp3) is 0.438. The van der Waals surface area contributed by atoms with Crippen LogP contribution in [0.2, 0.25) is 0 Å². The standard InChI is InChI=1S/C16H22N2OS/c1-12-4-6-14(7-5-12)15(19)8-9-18(3)10-16-13(2)17-11-20-16/h4-7,11,15,19H,8-10H2,1-3H3. The molecule has 0 radical (unpaired) electrons. The number of aryl methyl sites for hydroxylation is 2. The van der Waals surface area contributed by atoms with Gasteiger partial charge in [-0.3, -0.25) is 0 Å². The van der Waals surface area contributed by atoms with Gasteiger partial charge in [0.2, 0.25) is 0 Å². The smallest absolute Gasteiger partial charge is 0.0802 e. The van der Waals surface area contributed by atoms with Crippen LogP contribution in [0.4, 0.5) is 0 Å². The summed E-state index contributed by atoms with van der Waals surface area (Å²) in [5.41, 5.74) is 5.22. The van der Waals surface area contributed by atoms with Crippen LogP contribution in [0.3, 0.4) is 0 Å². The third kappa shape index (κ3) is 4.13. The van der Waals surface area contributed by atoms with E-state index in [1.807, 2.05) is 36.7 Å². The highest BCUT2D eigenvalue weighted by molar-refractivity contribution is 7.09. The van der Waals surface area contributed by atoms with Gasteiger partial charge in [-0.2, -0.15) is 0 Å². The first-order chi connectivity index (χ1) is 9.56. The van der Waals surface area contributed by atoms with Crippen LogP contribution in [0.25, 0.3) is 0 Å². The van der Waals surface area contributed by atoms with Gasteiger partial charge in [-0.25, -0.2) is 4.98 Å². The molecule has 1 unspecified atom stereocenters. The Bertz CT molecular complexity index is 536. The van der Waals surface area contributed by atoms with Crippen LogP contribution in [0.5, 0.6) is 0 Å². The topological polar surface area (TPSA) is 36.4 Å². The van der Waals surface area contributed by atoms with Gasteiger partial charge in [0.1, 0.15) is 0 Å². The Kier molecular flexibility index (Phi) is 5.29. The number of rotatable bonds is 6. The predicted molar refractivity (Wildman–Crippen MR) is 83.9 cm³/mol. The number of nitrogens with zero attached hydrogens (tertiary/aromatic N) is 2. The van der Waals surface area contributed by atoms with E-state index in [4.69, 9.17) is 0 Å². The summed E-state index contributed by atoms with van der Waals surface area (Å²) in [7, 11) is 2.08. The SMILES string of the molecule is Cc1ccc(C(O)CCN(C)Cc2scnc2C)cc1. The lowest BCUT2D eigenvalue weighted by Gasteiger charge is -2.18. The lowest BCUT2D eigenvalue weighted by Crippen LogP contribution is -2.20. The summed E-state index contributed by atoms with van der Waals surface area (Å²) in [5, 5.41) is 10.2. The van der Waals surface area contributed by atoms with E-state index in [9.17, 15) is 5.11 Å². The summed E-state index contributed by atoms with van der Waals surface area (Å²) in [6, 6.07) is 8.10. The summed E-state index contributed by atoms with van der Waals surface area (Å²) < 4.78 is 0. The van der Waals surface area contributed by atoms with E-state index in [1.165, 1.54) is 10.4 Å². The molecule has 1 heterocycles. The van der Waals surface area contributed by atoms with E-state index in [-0.39, 0.29) is 6.10 Å². The normalized spacial score (nSPS) is 12.8. The first kappa shape index (κ1) is 15.2. The molecule has 20 heavy (non-hydrogen) atoms. The van der Waals surface area contributed by atoms with Crippen molar-refractivity contribution < 1.29 is 5.11 Å². The summed E-state index contributed by atoms with van der Waals surface area (Å²) >= 11 is 1.69. The van der Waals surface area contributed by atoms with Crippen molar-refractivity contribution in [3.05, 3.63) is 51.5 Å². The van der Waals surface area contributed by atoms with Gasteiger partial charge < -0.3 is 10.0 Å². The van der Waals surface area contributed by atoms with Crippen molar-refractivity contribution in [2.24, 2.45) is 0 Å². The number of benzene rings is 1. The van der Waals surface area contributed by atoms with Crippen LogP contribution in [-0.4, -0.2) is 28.6 Å². The Hall–Kier alpha value is -1.23. The molecule has 2 aromatic rings. The van der Waals surface area contributed by atoms with E-state index >= 15 is 0 Å². The molecule has 108 valence electrons. The number of thiazole rings is 1. The van der Waals surface area contributed by atoms with Gasteiger partial charge in [-0.1, -0.05) is 29.8 Å². The van der Waals surface area contributed by atoms with Crippen LogP contribution in [-0.2, 0) is 6.54 Å². The molecule has 0 aliphatic rings. The highest BCUT2D eigenvalue weighted by atomic mass is 32.1. The number of hydrogen-bond acceptors (Lipinski definition) is 4. The number of aromatic nitrogens is 1. The zero-order valence-electron chi connectivity index (χ0n) is 12.3. The fourth-order valence-corrected chi connectivity index (χ4v) is 2.96. The molecule has 1 atom stereocenters. The third-order valence-corrected chi connectivity index (χ3v) is 4.42. The maximum atomic E-state index is 10.2. The maximum absolute atomic E-state index is 10.2. The van der Waals surface area contributed by atoms with Crippen LogP contribution in [0.1, 0.15) is 34.2 Å². The molecular weight excluding hydrogens is 268 g/mol. The van der Waals surface area contributed by atoms with E-state index in [0.29, 0.717) is 0 Å². The second kappa shape index (κ2) is 6.97. The molecule has 0 aliphatic heterocycles. The molecule has 0 spiro atoms. The molecule has 0 saturated heterocycles. The highest BCUT2D eigenvalue weighted by Gasteiger charge is 2.10. The van der Waals surface area contributed by atoms with Gasteiger partial charge in [0, 0.05) is 18.0 Å². The van der Waals surface area contributed by atoms with Crippen LogP contribution >= 0.6 is 11.3 Å². The Morgan fingerprint density at radius 1 is 1.25 bits per heavy atom. The molecule has 0 amide bonds. The highest BCUT2D eigenvalue weighted by Crippen LogP contribution is 2.19. The Labute approximate surface area is 124 Å². The van der Waals surface area contributed by atoms with Gasteiger partial charge in [0.25, 0.3) is 0 Å². The minimum atomic E-state index is -0.388. The van der Waals surface area contributed by atoms with E-state index < -0.39 is 0 Å². The lowest BCUT2D eigenvalue weighted by molar-refractivity contribution is 0.148. The Morgan fingerprint density at radius 2 is 1.95 bits per heavy atom. The molecule has 1 aromatic heterocycles. The zero-order valence-corrected chi connectivity index (χ0v) is 13.2. The molecule has 2 rings (SSSR count). The van der Waals surface area contributed by atoms with Gasteiger partial charge in [-0.15, -0.1) is 11.3 Å². The fourth-order valence-electron chi connectivity index (χ4n) is 2.10. The van der Waals surface area contributed by atoms with Crippen molar-refractivity contribution >= 4 is 11.3 Å². The van der Waals surface area contributed by atoms with Crippen LogP contribution in [0, 0.1) is 13.8 Å².